The number of nitrogens with zero attached hydrogens (tertiary/aromatic N) is 1. The van der Waals surface area contributed by atoms with Gasteiger partial charge in [0.05, 0.1) is 31.2 Å². The third-order valence-electron chi connectivity index (χ3n) is 4.31. The fourth-order valence-corrected chi connectivity index (χ4v) is 2.92. The van der Waals surface area contributed by atoms with Crippen LogP contribution in [-0.2, 0) is 4.74 Å². The van der Waals surface area contributed by atoms with E-state index in [0.717, 1.165) is 67.6 Å². The minimum Gasteiger partial charge on any atom is -0.493 e. The number of nitrogen functional groups attached to an aromatic ring is 1. The van der Waals surface area contributed by atoms with Gasteiger partial charge in [-0.05, 0) is 43.2 Å². The van der Waals surface area contributed by atoms with Crippen LogP contribution >= 0.6 is 0 Å². The molecule has 0 unspecified atom stereocenters. The predicted molar refractivity (Wildman–Crippen MR) is 103 cm³/mol. The quantitative estimate of drug-likeness (QED) is 0.597. The van der Waals surface area contributed by atoms with E-state index in [0.29, 0.717) is 6.61 Å². The number of nitrogens with one attached hydrogen (secondary N) is 1. The Hall–Kier alpha value is -2.24. The van der Waals surface area contributed by atoms with Gasteiger partial charge in [0.25, 0.3) is 0 Å². The van der Waals surface area contributed by atoms with E-state index in [-0.39, 0.29) is 0 Å². The first-order valence-corrected chi connectivity index (χ1v) is 8.87. The molecular weight excluding hydrogens is 314 g/mol. The van der Waals surface area contributed by atoms with Crippen LogP contribution < -0.4 is 15.8 Å². The van der Waals surface area contributed by atoms with Crippen molar-refractivity contribution in [2.24, 2.45) is 0 Å². The lowest BCUT2D eigenvalue weighted by Crippen LogP contribution is -2.37. The minimum absolute atomic E-state index is 0.716. The zero-order valence-corrected chi connectivity index (χ0v) is 14.8. The van der Waals surface area contributed by atoms with Crippen molar-refractivity contribution in [2.45, 2.75) is 13.3 Å². The van der Waals surface area contributed by atoms with Gasteiger partial charge in [-0.1, -0.05) is 12.1 Å². The average molecular weight is 341 g/mol. The summed E-state index contributed by atoms with van der Waals surface area (Å²) in [6.45, 7) is 7.54. The van der Waals surface area contributed by atoms with E-state index in [4.69, 9.17) is 15.2 Å². The van der Waals surface area contributed by atoms with Crippen LogP contribution in [0.4, 0.5) is 17.1 Å². The number of anilines is 3. The number of nitrogens with two attached hydrogens (primary N) is 1. The third-order valence-corrected chi connectivity index (χ3v) is 4.31. The zero-order chi connectivity index (χ0) is 17.5. The molecule has 0 bridgehead atoms. The van der Waals surface area contributed by atoms with Gasteiger partial charge in [-0.2, -0.15) is 0 Å². The molecule has 0 saturated carbocycles. The lowest BCUT2D eigenvalue weighted by molar-refractivity contribution is 0.0358. The van der Waals surface area contributed by atoms with Gasteiger partial charge < -0.3 is 20.5 Å². The van der Waals surface area contributed by atoms with Crippen molar-refractivity contribution in [3.8, 4) is 5.75 Å². The molecule has 134 valence electrons. The number of ether oxygens (including phenoxy) is 2. The van der Waals surface area contributed by atoms with E-state index in [1.54, 1.807) is 0 Å². The van der Waals surface area contributed by atoms with Crippen molar-refractivity contribution < 1.29 is 9.47 Å². The van der Waals surface area contributed by atoms with Gasteiger partial charge >= 0.3 is 0 Å². The van der Waals surface area contributed by atoms with Crippen molar-refractivity contribution in [3.63, 3.8) is 0 Å². The highest BCUT2D eigenvalue weighted by Gasteiger charge is 2.09. The molecule has 1 fully saturated rings. The molecule has 2 aromatic rings. The van der Waals surface area contributed by atoms with Gasteiger partial charge in [-0.3, -0.25) is 4.90 Å². The molecule has 1 aliphatic heterocycles. The number of rotatable bonds is 7. The first-order valence-electron chi connectivity index (χ1n) is 8.87. The number of benzene rings is 2. The Morgan fingerprint density at radius 3 is 2.80 bits per heavy atom. The molecule has 0 aliphatic carbocycles. The highest BCUT2D eigenvalue weighted by atomic mass is 16.5. The zero-order valence-electron chi connectivity index (χ0n) is 14.8. The standard InChI is InChI=1S/C20H27N3O2/c1-16-6-7-20(19(21)14-16)22-17-4-2-5-18(15-17)25-11-3-8-23-9-12-24-13-10-23/h2,4-7,14-15,22H,3,8-13,21H2,1H3. The maximum Gasteiger partial charge on any atom is 0.121 e. The minimum atomic E-state index is 0.716. The molecule has 0 radical (unpaired) electrons. The monoisotopic (exact) mass is 341 g/mol. The summed E-state index contributed by atoms with van der Waals surface area (Å²) in [5, 5.41) is 3.35. The summed E-state index contributed by atoms with van der Waals surface area (Å²) in [6.07, 6.45) is 1.02. The molecule has 1 heterocycles. The van der Waals surface area contributed by atoms with Crippen LogP contribution in [0.5, 0.6) is 5.75 Å². The van der Waals surface area contributed by atoms with Crippen LogP contribution in [0, 0.1) is 6.92 Å². The van der Waals surface area contributed by atoms with Crippen LogP contribution in [0.1, 0.15) is 12.0 Å². The molecule has 1 saturated heterocycles. The van der Waals surface area contributed by atoms with E-state index in [9.17, 15) is 0 Å². The largest absolute Gasteiger partial charge is 0.493 e. The second-order valence-corrected chi connectivity index (χ2v) is 6.40. The lowest BCUT2D eigenvalue weighted by atomic mass is 10.2. The fourth-order valence-electron chi connectivity index (χ4n) is 2.92. The molecule has 0 spiro atoms. The predicted octanol–water partition coefficient (Wildman–Crippen LogP) is 3.42. The van der Waals surface area contributed by atoms with E-state index < -0.39 is 0 Å². The Labute approximate surface area is 149 Å². The van der Waals surface area contributed by atoms with Crippen molar-refractivity contribution in [2.75, 3.05) is 50.5 Å². The second kappa shape index (κ2) is 8.74. The van der Waals surface area contributed by atoms with Crippen molar-refractivity contribution >= 4 is 17.1 Å². The molecule has 0 atom stereocenters. The Morgan fingerprint density at radius 1 is 1.16 bits per heavy atom. The first-order chi connectivity index (χ1) is 12.2. The number of hydrogen-bond acceptors (Lipinski definition) is 5. The van der Waals surface area contributed by atoms with Crippen LogP contribution in [0.25, 0.3) is 0 Å². The lowest BCUT2D eigenvalue weighted by Gasteiger charge is -2.26. The summed E-state index contributed by atoms with van der Waals surface area (Å²) in [7, 11) is 0. The second-order valence-electron chi connectivity index (χ2n) is 6.40. The summed E-state index contributed by atoms with van der Waals surface area (Å²) in [4.78, 5) is 2.42. The Balaban J connectivity index is 1.49. The van der Waals surface area contributed by atoms with Gasteiger partial charge in [-0.15, -0.1) is 0 Å². The van der Waals surface area contributed by atoms with Gasteiger partial charge in [0.2, 0.25) is 0 Å². The Kier molecular flexibility index (Phi) is 6.14. The third kappa shape index (κ3) is 5.37. The van der Waals surface area contributed by atoms with Crippen molar-refractivity contribution in [1.82, 2.24) is 4.90 Å². The maximum absolute atomic E-state index is 6.07. The number of hydrogen-bond donors (Lipinski definition) is 2. The fraction of sp³-hybridized carbons (Fsp3) is 0.400. The van der Waals surface area contributed by atoms with Crippen LogP contribution in [-0.4, -0.2) is 44.4 Å². The summed E-state index contributed by atoms with van der Waals surface area (Å²) in [5.41, 5.74) is 9.85. The van der Waals surface area contributed by atoms with Crippen LogP contribution in [0.15, 0.2) is 42.5 Å². The van der Waals surface area contributed by atoms with E-state index in [1.807, 2.05) is 49.4 Å². The highest BCUT2D eigenvalue weighted by molar-refractivity contribution is 5.73. The molecular formula is C20H27N3O2. The SMILES string of the molecule is Cc1ccc(Nc2cccc(OCCCN3CCOCC3)c2)c(N)c1. The summed E-state index contributed by atoms with van der Waals surface area (Å²) in [6, 6.07) is 14.0. The van der Waals surface area contributed by atoms with E-state index >= 15 is 0 Å². The molecule has 25 heavy (non-hydrogen) atoms. The maximum atomic E-state index is 6.07. The summed E-state index contributed by atoms with van der Waals surface area (Å²) < 4.78 is 11.3. The normalized spacial score (nSPS) is 15.1. The first kappa shape index (κ1) is 17.6. The van der Waals surface area contributed by atoms with Gasteiger partial charge in [0.15, 0.2) is 0 Å². The molecule has 0 amide bonds. The molecule has 0 aromatic heterocycles. The molecule has 5 nitrogen and oxygen atoms in total. The van der Waals surface area contributed by atoms with Crippen molar-refractivity contribution in [1.29, 1.82) is 0 Å². The van der Waals surface area contributed by atoms with E-state index in [2.05, 4.69) is 10.2 Å². The summed E-state index contributed by atoms with van der Waals surface area (Å²) in [5.74, 6) is 0.873. The average Bonchev–Trinajstić information content (AvgIpc) is 2.62. The van der Waals surface area contributed by atoms with Crippen LogP contribution in [0.2, 0.25) is 0 Å². The highest BCUT2D eigenvalue weighted by Crippen LogP contribution is 2.26. The number of morpholine rings is 1. The van der Waals surface area contributed by atoms with Gasteiger partial charge in [0, 0.05) is 31.4 Å². The Bertz CT molecular complexity index is 684. The topological polar surface area (TPSA) is 59.8 Å². The van der Waals surface area contributed by atoms with E-state index in [1.165, 1.54) is 0 Å². The Morgan fingerprint density at radius 2 is 2.00 bits per heavy atom. The number of aryl methyl sites for hydroxylation is 1. The van der Waals surface area contributed by atoms with Gasteiger partial charge in [-0.25, -0.2) is 0 Å². The molecule has 3 rings (SSSR count). The smallest absolute Gasteiger partial charge is 0.121 e. The molecule has 2 aromatic carbocycles. The molecule has 3 N–H and O–H groups in total. The molecule has 5 heteroatoms. The van der Waals surface area contributed by atoms with Crippen molar-refractivity contribution in [3.05, 3.63) is 48.0 Å². The van der Waals surface area contributed by atoms with Crippen LogP contribution in [0.3, 0.4) is 0 Å². The summed E-state index contributed by atoms with van der Waals surface area (Å²) >= 11 is 0. The van der Waals surface area contributed by atoms with Gasteiger partial charge in [0.1, 0.15) is 5.75 Å². The molecule has 1 aliphatic rings.